The van der Waals surface area contributed by atoms with Crippen molar-refractivity contribution < 1.29 is 9.59 Å². The molecule has 1 saturated carbocycles. The second-order valence-electron chi connectivity index (χ2n) is 6.86. The summed E-state index contributed by atoms with van der Waals surface area (Å²) in [6.07, 6.45) is 6.26. The lowest BCUT2D eigenvalue weighted by molar-refractivity contribution is -0.144. The summed E-state index contributed by atoms with van der Waals surface area (Å²) < 4.78 is 0. The average Bonchev–Trinajstić information content (AvgIpc) is 3.30. The molecule has 0 spiro atoms. The summed E-state index contributed by atoms with van der Waals surface area (Å²) in [5.41, 5.74) is 1.14. The molecule has 0 aromatic carbocycles. The van der Waals surface area contributed by atoms with Gasteiger partial charge in [-0.1, -0.05) is 6.07 Å². The van der Waals surface area contributed by atoms with Crippen LogP contribution in [0.2, 0.25) is 0 Å². The third kappa shape index (κ3) is 3.04. The molecular weight excluding hydrogens is 322 g/mol. The lowest BCUT2D eigenvalue weighted by atomic mass is 10.1. The predicted octanol–water partition coefficient (Wildman–Crippen LogP) is 1.75. The highest BCUT2D eigenvalue weighted by Crippen LogP contribution is 2.48. The maximum atomic E-state index is 12.9. The Hall–Kier alpha value is -1.56. The van der Waals surface area contributed by atoms with Gasteiger partial charge in [-0.2, -0.15) is 11.8 Å². The van der Waals surface area contributed by atoms with Crippen molar-refractivity contribution in [2.24, 2.45) is 5.92 Å². The standard InChI is InChI=1S/C18H23N3O2S/c22-17(15-11-14(15)13-3-1-5-19-12-13)21-6-2-4-16(21)18(23)20-7-9-24-10-8-20/h1,3,5,12,14-16H,2,4,6-11H2. The predicted molar refractivity (Wildman–Crippen MR) is 93.7 cm³/mol. The van der Waals surface area contributed by atoms with Gasteiger partial charge in [-0.05, 0) is 36.8 Å². The van der Waals surface area contributed by atoms with E-state index >= 15 is 0 Å². The fourth-order valence-corrected chi connectivity index (χ4v) is 4.83. The number of hydrogen-bond acceptors (Lipinski definition) is 4. The Bertz CT molecular complexity index is 618. The highest BCUT2D eigenvalue weighted by Gasteiger charge is 2.49. The second-order valence-corrected chi connectivity index (χ2v) is 8.09. The van der Waals surface area contributed by atoms with Gasteiger partial charge in [0.1, 0.15) is 6.04 Å². The molecule has 128 valence electrons. The molecule has 2 aliphatic heterocycles. The molecule has 1 aliphatic carbocycles. The van der Waals surface area contributed by atoms with Crippen LogP contribution < -0.4 is 0 Å². The van der Waals surface area contributed by atoms with Crippen LogP contribution in [-0.4, -0.2) is 63.8 Å². The molecule has 1 aromatic heterocycles. The largest absolute Gasteiger partial charge is 0.339 e. The monoisotopic (exact) mass is 345 g/mol. The van der Waals surface area contributed by atoms with Crippen molar-refractivity contribution in [3.63, 3.8) is 0 Å². The fraction of sp³-hybridized carbons (Fsp3) is 0.611. The zero-order valence-electron chi connectivity index (χ0n) is 13.8. The maximum Gasteiger partial charge on any atom is 0.245 e. The van der Waals surface area contributed by atoms with Crippen molar-refractivity contribution >= 4 is 23.6 Å². The average molecular weight is 345 g/mol. The van der Waals surface area contributed by atoms with E-state index < -0.39 is 0 Å². The number of carbonyl (C=O) groups excluding carboxylic acids is 2. The number of pyridine rings is 1. The van der Waals surface area contributed by atoms with E-state index in [1.165, 1.54) is 0 Å². The van der Waals surface area contributed by atoms with Crippen molar-refractivity contribution in [3.8, 4) is 0 Å². The van der Waals surface area contributed by atoms with E-state index in [1.54, 1.807) is 6.20 Å². The summed E-state index contributed by atoms with van der Waals surface area (Å²) in [7, 11) is 0. The van der Waals surface area contributed by atoms with Crippen molar-refractivity contribution in [1.29, 1.82) is 0 Å². The van der Waals surface area contributed by atoms with Crippen LogP contribution in [0.25, 0.3) is 0 Å². The molecule has 3 aliphatic rings. The lowest BCUT2D eigenvalue weighted by Crippen LogP contribution is -2.50. The Morgan fingerprint density at radius 2 is 2.00 bits per heavy atom. The molecule has 0 radical (unpaired) electrons. The lowest BCUT2D eigenvalue weighted by Gasteiger charge is -2.32. The zero-order chi connectivity index (χ0) is 16.5. The number of thioether (sulfide) groups is 1. The van der Waals surface area contributed by atoms with Crippen molar-refractivity contribution in [2.45, 2.75) is 31.2 Å². The van der Waals surface area contributed by atoms with Crippen molar-refractivity contribution in [3.05, 3.63) is 30.1 Å². The van der Waals surface area contributed by atoms with Crippen LogP contribution in [0.1, 0.15) is 30.7 Å². The van der Waals surface area contributed by atoms with E-state index in [9.17, 15) is 9.59 Å². The third-order valence-corrected chi connectivity index (χ3v) is 6.31. The normalized spacial score (nSPS) is 29.6. The minimum atomic E-state index is -0.226. The summed E-state index contributed by atoms with van der Waals surface area (Å²) in [5, 5.41) is 0. The van der Waals surface area contributed by atoms with Gasteiger partial charge in [0, 0.05) is 49.5 Å². The molecule has 0 bridgehead atoms. The number of likely N-dealkylation sites (tertiary alicyclic amines) is 1. The SMILES string of the molecule is O=C(C1CCCN1C(=O)C1CC1c1cccnc1)N1CCSCC1. The van der Waals surface area contributed by atoms with E-state index in [0.717, 1.165) is 56.0 Å². The molecule has 24 heavy (non-hydrogen) atoms. The first-order chi connectivity index (χ1) is 11.8. The molecule has 0 N–H and O–H groups in total. The Morgan fingerprint density at radius 1 is 1.17 bits per heavy atom. The van der Waals surface area contributed by atoms with E-state index in [0.29, 0.717) is 0 Å². The number of nitrogens with zero attached hydrogens (tertiary/aromatic N) is 3. The molecule has 1 aromatic rings. The van der Waals surface area contributed by atoms with E-state index in [2.05, 4.69) is 4.98 Å². The van der Waals surface area contributed by atoms with Crippen LogP contribution in [0.4, 0.5) is 0 Å². The van der Waals surface area contributed by atoms with Gasteiger partial charge in [-0.3, -0.25) is 14.6 Å². The van der Waals surface area contributed by atoms with E-state index in [4.69, 9.17) is 0 Å². The first-order valence-electron chi connectivity index (χ1n) is 8.82. The number of amides is 2. The Balaban J connectivity index is 1.41. The topological polar surface area (TPSA) is 53.5 Å². The Kier molecular flexibility index (Phi) is 4.48. The number of hydrogen-bond donors (Lipinski definition) is 0. The van der Waals surface area contributed by atoms with Crippen molar-refractivity contribution in [1.82, 2.24) is 14.8 Å². The van der Waals surface area contributed by atoms with Gasteiger partial charge in [-0.25, -0.2) is 0 Å². The molecule has 3 fully saturated rings. The summed E-state index contributed by atoms with van der Waals surface area (Å²) in [5.74, 6) is 2.69. The highest BCUT2D eigenvalue weighted by molar-refractivity contribution is 7.99. The molecule has 2 saturated heterocycles. The van der Waals surface area contributed by atoms with Gasteiger partial charge in [0.05, 0.1) is 0 Å². The van der Waals surface area contributed by atoms with E-state index in [-0.39, 0.29) is 29.7 Å². The van der Waals surface area contributed by atoms with Crippen LogP contribution in [0.3, 0.4) is 0 Å². The van der Waals surface area contributed by atoms with Gasteiger partial charge in [0.15, 0.2) is 0 Å². The molecule has 3 unspecified atom stereocenters. The molecule has 2 amide bonds. The summed E-state index contributed by atoms with van der Waals surface area (Å²) in [6.45, 7) is 2.38. The van der Waals surface area contributed by atoms with Gasteiger partial charge in [0.2, 0.25) is 11.8 Å². The Labute approximate surface area is 146 Å². The van der Waals surface area contributed by atoms with Gasteiger partial charge in [0.25, 0.3) is 0 Å². The van der Waals surface area contributed by atoms with E-state index in [1.807, 2.05) is 39.9 Å². The minimum Gasteiger partial charge on any atom is -0.339 e. The Morgan fingerprint density at radius 3 is 2.75 bits per heavy atom. The number of aromatic nitrogens is 1. The molecular formula is C18H23N3O2S. The highest BCUT2D eigenvalue weighted by atomic mass is 32.2. The van der Waals surface area contributed by atoms with Gasteiger partial charge >= 0.3 is 0 Å². The maximum absolute atomic E-state index is 12.9. The number of carbonyl (C=O) groups is 2. The first kappa shape index (κ1) is 15.9. The van der Waals surface area contributed by atoms with Crippen LogP contribution in [-0.2, 0) is 9.59 Å². The van der Waals surface area contributed by atoms with Crippen LogP contribution in [0, 0.1) is 5.92 Å². The molecule has 6 heteroatoms. The zero-order valence-corrected chi connectivity index (χ0v) is 14.6. The fourth-order valence-electron chi connectivity index (χ4n) is 3.93. The molecule has 5 nitrogen and oxygen atoms in total. The summed E-state index contributed by atoms with van der Waals surface area (Å²) in [6, 6.07) is 3.74. The molecule has 3 atom stereocenters. The van der Waals surface area contributed by atoms with Crippen molar-refractivity contribution in [2.75, 3.05) is 31.1 Å². The molecule has 4 rings (SSSR count). The summed E-state index contributed by atoms with van der Waals surface area (Å²) >= 11 is 1.90. The first-order valence-corrected chi connectivity index (χ1v) is 9.98. The van der Waals surface area contributed by atoms with Crippen LogP contribution >= 0.6 is 11.8 Å². The van der Waals surface area contributed by atoms with Gasteiger partial charge in [-0.15, -0.1) is 0 Å². The third-order valence-electron chi connectivity index (χ3n) is 5.36. The smallest absolute Gasteiger partial charge is 0.245 e. The summed E-state index contributed by atoms with van der Waals surface area (Å²) in [4.78, 5) is 33.7. The number of rotatable bonds is 3. The van der Waals surface area contributed by atoms with Gasteiger partial charge < -0.3 is 9.80 Å². The van der Waals surface area contributed by atoms with Crippen LogP contribution in [0.5, 0.6) is 0 Å². The minimum absolute atomic E-state index is 0.0412. The quantitative estimate of drug-likeness (QED) is 0.838. The van der Waals surface area contributed by atoms with Crippen LogP contribution in [0.15, 0.2) is 24.5 Å². The second kappa shape index (κ2) is 6.75. The molecule has 3 heterocycles.